The molecular formula is C68H48O28. The van der Waals surface area contributed by atoms with Crippen molar-refractivity contribution in [2.75, 3.05) is 27.2 Å². The molecule has 0 saturated heterocycles. The maximum Gasteiger partial charge on any atom is 0.335 e. The molecule has 0 saturated carbocycles. The summed E-state index contributed by atoms with van der Waals surface area (Å²) in [7, 11) is 0. The molecule has 8 bridgehead atoms. The van der Waals surface area contributed by atoms with E-state index >= 15 is 0 Å². The van der Waals surface area contributed by atoms with Gasteiger partial charge in [-0.25, -0.2) is 38.4 Å². The van der Waals surface area contributed by atoms with E-state index in [2.05, 4.69) is 0 Å². The molecule has 8 aromatic rings. The first kappa shape index (κ1) is 62.0. The van der Waals surface area contributed by atoms with E-state index in [0.717, 1.165) is 72.8 Å². The predicted octanol–water partition coefficient (Wildman–Crippen LogP) is 12.3. The fourth-order valence-electron chi connectivity index (χ4n) is 12.1. The number of carboxylic acids is 8. The molecule has 0 aromatic heterocycles. The molecule has 28 nitrogen and oxygen atoms in total. The average Bonchev–Trinajstić information content (AvgIpc) is 0.728. The smallest absolute Gasteiger partial charge is 0.335 e. The van der Waals surface area contributed by atoms with Gasteiger partial charge in [0.05, 0.1) is 44.5 Å². The zero-order valence-corrected chi connectivity index (χ0v) is 50.1. The molecule has 0 fully saturated rings. The Hall–Kier alpha value is -12.9. The monoisotopic (exact) mass is 1310 g/mol. The average molecular weight is 1310 g/mol. The molecule has 0 amide bonds. The fraction of sp³-hybridized carbons (Fsp3) is 0.176. The largest absolute Gasteiger partial charge is 0.478 e. The highest BCUT2D eigenvalue weighted by Crippen LogP contribution is 2.62. The molecule has 1 aliphatic carbocycles. The quantitative estimate of drug-likeness (QED) is 0.0445. The number of ether oxygens (including phenoxy) is 12. The van der Waals surface area contributed by atoms with Crippen LogP contribution < -0.4 is 56.8 Å². The van der Waals surface area contributed by atoms with E-state index in [0.29, 0.717) is 0 Å². The van der Waals surface area contributed by atoms with Crippen molar-refractivity contribution in [3.63, 3.8) is 0 Å². The van der Waals surface area contributed by atoms with Crippen LogP contribution in [0.5, 0.6) is 92.0 Å². The van der Waals surface area contributed by atoms with Crippen LogP contribution in [-0.2, 0) is 0 Å². The number of benzene rings is 8. The topological polar surface area (TPSA) is 409 Å². The van der Waals surface area contributed by atoms with E-state index in [1.807, 2.05) is 0 Å². The van der Waals surface area contributed by atoms with Crippen molar-refractivity contribution in [3.8, 4) is 92.0 Å². The summed E-state index contributed by atoms with van der Waals surface area (Å²) in [5, 5.41) is 81.9. The summed E-state index contributed by atoms with van der Waals surface area (Å²) in [6.45, 7) is 3.92. The van der Waals surface area contributed by atoms with Gasteiger partial charge in [0.1, 0.15) is 23.0 Å². The lowest BCUT2D eigenvalue weighted by atomic mass is 9.79. The molecule has 0 unspecified atom stereocenters. The van der Waals surface area contributed by atoms with Crippen LogP contribution in [0.25, 0.3) is 0 Å². The third kappa shape index (κ3) is 10.8. The molecule has 8 aromatic carbocycles. The van der Waals surface area contributed by atoms with Crippen molar-refractivity contribution >= 4 is 47.8 Å². The number of hydrogen-bond acceptors (Lipinski definition) is 20. The Morgan fingerprint density at radius 1 is 0.250 bits per heavy atom. The van der Waals surface area contributed by atoms with Crippen LogP contribution in [0.3, 0.4) is 0 Å². The van der Waals surface area contributed by atoms with E-state index in [4.69, 9.17) is 56.8 Å². The normalized spacial score (nSPS) is 16.5. The highest BCUT2D eigenvalue weighted by atomic mass is 16.7. The summed E-state index contributed by atoms with van der Waals surface area (Å²) < 4.78 is 79.2. The minimum Gasteiger partial charge on any atom is -0.478 e. The van der Waals surface area contributed by atoms with Crippen LogP contribution in [0.1, 0.15) is 179 Å². The maximum atomic E-state index is 12.6. The number of aromatic carboxylic acids is 8. The Labute approximate surface area is 538 Å². The molecule has 0 spiro atoms. The van der Waals surface area contributed by atoms with Gasteiger partial charge < -0.3 is 97.7 Å². The number of carbonyl (C=O) groups is 8. The van der Waals surface area contributed by atoms with Gasteiger partial charge in [0.2, 0.25) is 50.2 Å². The maximum absolute atomic E-state index is 12.6. The van der Waals surface area contributed by atoms with Gasteiger partial charge in [-0.2, -0.15) is 0 Å². The summed E-state index contributed by atoms with van der Waals surface area (Å²) in [4.78, 5) is 101. The van der Waals surface area contributed by atoms with Crippen molar-refractivity contribution < 1.29 is 136 Å². The highest BCUT2D eigenvalue weighted by molar-refractivity contribution is 5.97. The molecule has 0 radical (unpaired) electrons. The third-order valence-electron chi connectivity index (χ3n) is 16.8. The van der Waals surface area contributed by atoms with E-state index < -0.39 is 143 Å². The first-order valence-electron chi connectivity index (χ1n) is 28.9. The summed E-state index contributed by atoms with van der Waals surface area (Å²) in [5.74, 6) is -19.3. The van der Waals surface area contributed by atoms with Gasteiger partial charge in [-0.3, -0.25) is 0 Å². The Bertz CT molecular complexity index is 3950. The number of rotatable bonds is 16. The lowest BCUT2D eigenvalue weighted by Gasteiger charge is -2.35. The van der Waals surface area contributed by atoms with Crippen molar-refractivity contribution in [2.45, 2.75) is 51.4 Å². The Balaban J connectivity index is 1.16. The first-order chi connectivity index (χ1) is 45.8. The molecule has 96 heavy (non-hydrogen) atoms. The second-order valence-corrected chi connectivity index (χ2v) is 22.5. The molecule has 8 N–H and O–H groups in total. The van der Waals surface area contributed by atoms with Crippen LogP contribution >= 0.6 is 0 Å². The zero-order chi connectivity index (χ0) is 68.0. The molecule has 4 heterocycles. The van der Waals surface area contributed by atoms with Gasteiger partial charge in [0, 0.05) is 68.2 Å². The van der Waals surface area contributed by atoms with Gasteiger partial charge >= 0.3 is 47.8 Å². The lowest BCUT2D eigenvalue weighted by Crippen LogP contribution is -2.22. The van der Waals surface area contributed by atoms with Crippen molar-refractivity contribution in [2.24, 2.45) is 0 Å². The van der Waals surface area contributed by atoms with Crippen molar-refractivity contribution in [1.29, 1.82) is 0 Å². The summed E-state index contributed by atoms with van der Waals surface area (Å²) in [5.41, 5.74) is -1.64. The van der Waals surface area contributed by atoms with Gasteiger partial charge in [-0.15, -0.1) is 0 Å². The summed E-state index contributed by atoms with van der Waals surface area (Å²) in [6.07, 6.45) is 0. The van der Waals surface area contributed by atoms with Gasteiger partial charge in [0.15, 0.2) is 46.0 Å². The molecule has 4 aliphatic heterocycles. The van der Waals surface area contributed by atoms with Crippen LogP contribution in [0, 0.1) is 0 Å². The Kier molecular flexibility index (Phi) is 15.3. The van der Waals surface area contributed by atoms with E-state index in [-0.39, 0.29) is 136 Å². The van der Waals surface area contributed by atoms with Gasteiger partial charge in [-0.1, -0.05) is 27.7 Å². The third-order valence-corrected chi connectivity index (χ3v) is 16.8. The predicted molar refractivity (Wildman–Crippen MR) is 322 cm³/mol. The van der Waals surface area contributed by atoms with Crippen molar-refractivity contribution in [3.05, 3.63) is 186 Å². The molecule has 488 valence electrons. The van der Waals surface area contributed by atoms with Crippen LogP contribution in [0.4, 0.5) is 0 Å². The molecular weight excluding hydrogens is 1260 g/mol. The van der Waals surface area contributed by atoms with E-state index in [1.54, 1.807) is 52.0 Å². The highest BCUT2D eigenvalue weighted by Gasteiger charge is 2.42. The second kappa shape index (κ2) is 23.7. The van der Waals surface area contributed by atoms with Gasteiger partial charge in [-0.05, 0) is 97.1 Å². The zero-order valence-electron chi connectivity index (χ0n) is 50.1. The summed E-state index contributed by atoms with van der Waals surface area (Å²) in [6, 6.07) is 19.2. The van der Waals surface area contributed by atoms with Crippen molar-refractivity contribution in [1.82, 2.24) is 0 Å². The van der Waals surface area contributed by atoms with Gasteiger partial charge in [0.25, 0.3) is 0 Å². The van der Waals surface area contributed by atoms with Crippen LogP contribution in [0.2, 0.25) is 0 Å². The van der Waals surface area contributed by atoms with Crippen LogP contribution in [0.15, 0.2) is 97.1 Å². The Morgan fingerprint density at radius 3 is 0.510 bits per heavy atom. The van der Waals surface area contributed by atoms with E-state index in [9.17, 15) is 79.2 Å². The lowest BCUT2D eigenvalue weighted by molar-refractivity contribution is 0.0675. The second-order valence-electron chi connectivity index (χ2n) is 22.5. The fourth-order valence-corrected chi connectivity index (χ4v) is 12.1. The molecule has 28 heteroatoms. The van der Waals surface area contributed by atoms with Crippen LogP contribution in [-0.4, -0.2) is 116 Å². The SMILES string of the molecule is CC1c2cc3c4c(Oc5cc(C(=O)O)cc(C(=O)O)c5)c2OCOc2c1cc1c(c2Oc2cc(C(=O)O)cc(C(=O)O)c2)OCOc2c(cc5c(c2Oc2cc(C(=O)O)cc(C(=O)O)c2)OCOc2c(cc(c(c2Oc2cc(C(=O)O)cc(C(=O)O)c2)OCO4)C3C)C5C)C1C. The standard InChI is InChI=1S/C68H48O28/c1-25-41-17-43-26(2)45-19-47-28(4)48-20-46-27(3)44-18-42(25)50-58(94-38-11-31(63(73)74)6-32(12-38)64(75)76)52(44)88-23-90-54(46)60(96-40-15-35(67(81)82)8-36(16-40)68(83)84)56(48)92-24-91-55(47)59(95-39-13-33(65(77)78)7-34(14-39)66(79)80)53(45)89-22-87-51(43)57(49(41)85-21-86-50)93-37-9-29(61(69)70)5-30(10-37)62(71)72/h5-20,25-28H,21-24H2,1-4H3,(H,69,70)(H,71,72)(H,73,74)(H,75,76)(H,77,78)(H,79,80)(H,81,82)(H,83,84). The number of hydrogen-bond donors (Lipinski definition) is 8. The molecule has 13 rings (SSSR count). The Morgan fingerprint density at radius 2 is 0.385 bits per heavy atom. The minimum atomic E-state index is -1.51. The molecule has 5 aliphatic rings. The first-order valence-corrected chi connectivity index (χ1v) is 28.9. The van der Waals surface area contributed by atoms with E-state index in [1.165, 1.54) is 0 Å². The molecule has 0 atom stereocenters. The minimum absolute atomic E-state index is 0.107. The summed E-state index contributed by atoms with van der Waals surface area (Å²) >= 11 is 0. The number of carboxylic acid groups (broad SMARTS) is 8.